The number of anilines is 1. The molecule has 0 aliphatic carbocycles. The number of pyridine rings is 1. The third kappa shape index (κ3) is 2.51. The number of aromatic nitrogens is 2. The van der Waals surface area contributed by atoms with Gasteiger partial charge in [-0.25, -0.2) is 4.98 Å². The number of hydrogen-bond donors (Lipinski definition) is 1. The maximum absolute atomic E-state index is 11.3. The molecule has 0 bridgehead atoms. The molecule has 19 heavy (non-hydrogen) atoms. The van der Waals surface area contributed by atoms with Crippen LogP contribution in [-0.4, -0.2) is 17.0 Å². The first-order valence-electron chi connectivity index (χ1n) is 5.97. The van der Waals surface area contributed by atoms with Crippen LogP contribution in [-0.2, 0) is 6.54 Å². The van der Waals surface area contributed by atoms with E-state index in [2.05, 4.69) is 16.0 Å². The highest BCUT2D eigenvalue weighted by atomic mass is 32.1. The van der Waals surface area contributed by atoms with Crippen LogP contribution in [0, 0.1) is 0 Å². The number of nitrogens with one attached hydrogen (secondary N) is 1. The standard InChI is InChI=1S/C14H13N3OS/c1-17(9-10-5-4-8-13(18)15-10)14-16-11-6-2-3-7-12(11)19-14/h2-8H,9H2,1H3,(H,15,18). The topological polar surface area (TPSA) is 49.0 Å². The van der Waals surface area contributed by atoms with Crippen molar-refractivity contribution in [2.24, 2.45) is 0 Å². The van der Waals surface area contributed by atoms with E-state index in [0.29, 0.717) is 6.54 Å². The molecular weight excluding hydrogens is 258 g/mol. The van der Waals surface area contributed by atoms with Crippen molar-refractivity contribution in [3.05, 3.63) is 58.5 Å². The summed E-state index contributed by atoms with van der Waals surface area (Å²) in [5, 5.41) is 0.950. The molecule has 2 aromatic heterocycles. The first kappa shape index (κ1) is 11.9. The summed E-state index contributed by atoms with van der Waals surface area (Å²) in [5.41, 5.74) is 1.82. The third-order valence-corrected chi connectivity index (χ3v) is 4.00. The largest absolute Gasteiger partial charge is 0.345 e. The van der Waals surface area contributed by atoms with Crippen molar-refractivity contribution in [1.82, 2.24) is 9.97 Å². The van der Waals surface area contributed by atoms with Crippen LogP contribution in [0.3, 0.4) is 0 Å². The lowest BCUT2D eigenvalue weighted by Crippen LogP contribution is -2.19. The van der Waals surface area contributed by atoms with Crippen molar-refractivity contribution in [3.63, 3.8) is 0 Å². The van der Waals surface area contributed by atoms with Gasteiger partial charge in [0.1, 0.15) is 0 Å². The number of aromatic amines is 1. The minimum absolute atomic E-state index is 0.0739. The van der Waals surface area contributed by atoms with Crippen LogP contribution in [0.1, 0.15) is 5.69 Å². The van der Waals surface area contributed by atoms with Crippen LogP contribution in [0.15, 0.2) is 47.3 Å². The van der Waals surface area contributed by atoms with E-state index in [9.17, 15) is 4.79 Å². The molecular formula is C14H13N3OS. The molecule has 0 unspecified atom stereocenters. The smallest absolute Gasteiger partial charge is 0.248 e. The highest BCUT2D eigenvalue weighted by Gasteiger charge is 2.08. The number of nitrogens with zero attached hydrogens (tertiary/aromatic N) is 2. The fourth-order valence-electron chi connectivity index (χ4n) is 1.93. The lowest BCUT2D eigenvalue weighted by molar-refractivity contribution is 0.874. The quantitative estimate of drug-likeness (QED) is 0.796. The summed E-state index contributed by atoms with van der Waals surface area (Å²) in [4.78, 5) is 20.7. The summed E-state index contributed by atoms with van der Waals surface area (Å²) in [6.07, 6.45) is 0. The van der Waals surface area contributed by atoms with Gasteiger partial charge in [0.2, 0.25) is 5.56 Å². The van der Waals surface area contributed by atoms with E-state index in [4.69, 9.17) is 0 Å². The number of hydrogen-bond acceptors (Lipinski definition) is 4. The van der Waals surface area contributed by atoms with E-state index in [1.54, 1.807) is 17.4 Å². The Balaban J connectivity index is 1.87. The normalized spacial score (nSPS) is 10.8. The van der Waals surface area contributed by atoms with Gasteiger partial charge in [0.05, 0.1) is 16.8 Å². The van der Waals surface area contributed by atoms with Crippen LogP contribution in [0.25, 0.3) is 10.2 Å². The summed E-state index contributed by atoms with van der Waals surface area (Å²) >= 11 is 1.65. The molecule has 0 aliphatic heterocycles. The van der Waals surface area contributed by atoms with Gasteiger partial charge in [-0.15, -0.1) is 0 Å². The molecule has 96 valence electrons. The van der Waals surface area contributed by atoms with Gasteiger partial charge in [-0.3, -0.25) is 4.79 Å². The minimum atomic E-state index is -0.0739. The second kappa shape index (κ2) is 4.85. The Morgan fingerprint density at radius 1 is 1.21 bits per heavy atom. The summed E-state index contributed by atoms with van der Waals surface area (Å²) < 4.78 is 1.17. The second-order valence-corrected chi connectivity index (χ2v) is 5.37. The zero-order chi connectivity index (χ0) is 13.2. The molecule has 0 spiro atoms. The third-order valence-electron chi connectivity index (χ3n) is 2.85. The molecule has 0 saturated carbocycles. The first-order chi connectivity index (χ1) is 9.22. The van der Waals surface area contributed by atoms with Crippen molar-refractivity contribution in [3.8, 4) is 0 Å². The molecule has 0 aliphatic rings. The Labute approximate surface area is 114 Å². The summed E-state index contributed by atoms with van der Waals surface area (Å²) in [6.45, 7) is 0.635. The van der Waals surface area contributed by atoms with Crippen LogP contribution in [0.5, 0.6) is 0 Å². The molecule has 2 heterocycles. The van der Waals surface area contributed by atoms with Gasteiger partial charge in [0.25, 0.3) is 0 Å². The maximum Gasteiger partial charge on any atom is 0.248 e. The van der Waals surface area contributed by atoms with Gasteiger partial charge in [-0.05, 0) is 18.2 Å². The zero-order valence-electron chi connectivity index (χ0n) is 10.5. The number of benzene rings is 1. The molecule has 0 saturated heterocycles. The number of rotatable bonds is 3. The fraction of sp³-hybridized carbons (Fsp3) is 0.143. The Hall–Kier alpha value is -2.14. The number of H-pyrrole nitrogens is 1. The van der Waals surface area contributed by atoms with Gasteiger partial charge in [0.15, 0.2) is 5.13 Å². The Bertz CT molecular complexity index is 729. The van der Waals surface area contributed by atoms with Gasteiger partial charge in [0, 0.05) is 18.8 Å². The average Bonchev–Trinajstić information content (AvgIpc) is 2.82. The molecule has 0 atom stereocenters. The van der Waals surface area contributed by atoms with Crippen molar-refractivity contribution in [1.29, 1.82) is 0 Å². The van der Waals surface area contributed by atoms with Gasteiger partial charge in [-0.1, -0.05) is 29.5 Å². The number of para-hydroxylation sites is 1. The maximum atomic E-state index is 11.3. The number of fused-ring (bicyclic) bond motifs is 1. The van der Waals surface area contributed by atoms with E-state index >= 15 is 0 Å². The van der Waals surface area contributed by atoms with Gasteiger partial charge >= 0.3 is 0 Å². The highest BCUT2D eigenvalue weighted by Crippen LogP contribution is 2.28. The van der Waals surface area contributed by atoms with Crippen molar-refractivity contribution < 1.29 is 0 Å². The van der Waals surface area contributed by atoms with E-state index in [1.807, 2.05) is 36.2 Å². The Kier molecular flexibility index (Phi) is 3.05. The average molecular weight is 271 g/mol. The Morgan fingerprint density at radius 2 is 2.05 bits per heavy atom. The molecule has 0 amide bonds. The number of thiazole rings is 1. The molecule has 3 rings (SSSR count). The molecule has 1 aromatic carbocycles. The predicted octanol–water partition coefficient (Wildman–Crippen LogP) is 2.62. The van der Waals surface area contributed by atoms with Crippen molar-refractivity contribution in [2.45, 2.75) is 6.54 Å². The molecule has 5 heteroatoms. The summed E-state index contributed by atoms with van der Waals surface area (Å²) in [6, 6.07) is 13.3. The second-order valence-electron chi connectivity index (χ2n) is 4.36. The minimum Gasteiger partial charge on any atom is -0.345 e. The molecule has 3 aromatic rings. The van der Waals surface area contributed by atoms with Crippen LogP contribution >= 0.6 is 11.3 Å². The zero-order valence-corrected chi connectivity index (χ0v) is 11.3. The van der Waals surface area contributed by atoms with Crippen molar-refractivity contribution in [2.75, 3.05) is 11.9 Å². The summed E-state index contributed by atoms with van der Waals surface area (Å²) in [7, 11) is 1.98. The molecule has 0 fully saturated rings. The van der Waals surface area contributed by atoms with Gasteiger partial charge < -0.3 is 9.88 Å². The van der Waals surface area contributed by atoms with Gasteiger partial charge in [-0.2, -0.15) is 0 Å². The lowest BCUT2D eigenvalue weighted by Gasteiger charge is -2.14. The highest BCUT2D eigenvalue weighted by molar-refractivity contribution is 7.22. The fourth-order valence-corrected chi connectivity index (χ4v) is 2.86. The van der Waals surface area contributed by atoms with Crippen LogP contribution in [0.2, 0.25) is 0 Å². The predicted molar refractivity (Wildman–Crippen MR) is 78.8 cm³/mol. The molecule has 1 N–H and O–H groups in total. The summed E-state index contributed by atoms with van der Waals surface area (Å²) in [5.74, 6) is 0. The van der Waals surface area contributed by atoms with Crippen LogP contribution in [0.4, 0.5) is 5.13 Å². The van der Waals surface area contributed by atoms with Crippen LogP contribution < -0.4 is 10.5 Å². The van der Waals surface area contributed by atoms with Crippen molar-refractivity contribution >= 4 is 26.7 Å². The van der Waals surface area contributed by atoms with E-state index in [-0.39, 0.29) is 5.56 Å². The SMILES string of the molecule is CN(Cc1cccc(=O)[nH]1)c1nc2ccccc2s1. The Morgan fingerprint density at radius 3 is 2.84 bits per heavy atom. The molecule has 4 nitrogen and oxygen atoms in total. The lowest BCUT2D eigenvalue weighted by atomic mass is 10.3. The van der Waals surface area contributed by atoms with E-state index in [1.165, 1.54) is 10.8 Å². The van der Waals surface area contributed by atoms with E-state index in [0.717, 1.165) is 16.3 Å². The monoisotopic (exact) mass is 271 g/mol. The van der Waals surface area contributed by atoms with E-state index < -0.39 is 0 Å². The first-order valence-corrected chi connectivity index (χ1v) is 6.79. The molecule has 0 radical (unpaired) electrons.